The van der Waals surface area contributed by atoms with Crippen molar-refractivity contribution < 1.29 is 9.53 Å². The van der Waals surface area contributed by atoms with Crippen molar-refractivity contribution in [2.75, 3.05) is 33.3 Å². The Balaban J connectivity index is 1.55. The van der Waals surface area contributed by atoms with E-state index in [-0.39, 0.29) is 11.8 Å². The number of benzene rings is 1. The van der Waals surface area contributed by atoms with Crippen LogP contribution in [0.3, 0.4) is 0 Å². The number of nitrogens with zero attached hydrogens (tertiary/aromatic N) is 1. The molecule has 0 aromatic heterocycles. The predicted octanol–water partition coefficient (Wildman–Crippen LogP) is 2.74. The standard InChI is InChI=1S/C18H25ClN2O2/c1-20-7-4-13-5-8-21(9-6-13)18(22)15-10-14-11-16(19)2-3-17(14)23-12-15/h2-3,11,13,15,20H,4-10,12H2,1H3. The molecule has 4 nitrogen and oxygen atoms in total. The third-order valence-corrected chi connectivity index (χ3v) is 5.24. The van der Waals surface area contributed by atoms with Crippen LogP contribution in [0.15, 0.2) is 18.2 Å². The van der Waals surface area contributed by atoms with Crippen LogP contribution in [-0.2, 0) is 11.2 Å². The SMILES string of the molecule is CNCCC1CCN(C(=O)C2COc3ccc(Cl)cc3C2)CC1. The molecule has 1 aromatic rings. The molecule has 3 rings (SSSR count). The lowest BCUT2D eigenvalue weighted by molar-refractivity contribution is -0.138. The number of likely N-dealkylation sites (tertiary alicyclic amines) is 1. The molecule has 2 aliphatic heterocycles. The Morgan fingerprint density at radius 2 is 2.17 bits per heavy atom. The summed E-state index contributed by atoms with van der Waals surface area (Å²) in [5.41, 5.74) is 1.05. The molecular formula is C18H25ClN2O2. The van der Waals surface area contributed by atoms with E-state index < -0.39 is 0 Å². The molecule has 1 fully saturated rings. The molecule has 0 spiro atoms. The topological polar surface area (TPSA) is 41.6 Å². The highest BCUT2D eigenvalue weighted by atomic mass is 35.5. The fourth-order valence-corrected chi connectivity index (χ4v) is 3.77. The summed E-state index contributed by atoms with van der Waals surface area (Å²) in [5, 5.41) is 3.91. The maximum Gasteiger partial charge on any atom is 0.229 e. The van der Waals surface area contributed by atoms with Crippen LogP contribution in [0, 0.1) is 11.8 Å². The maximum absolute atomic E-state index is 12.8. The Bertz CT molecular complexity index is 556. The van der Waals surface area contributed by atoms with Gasteiger partial charge in [0.25, 0.3) is 0 Å². The smallest absolute Gasteiger partial charge is 0.229 e. The highest BCUT2D eigenvalue weighted by Crippen LogP contribution is 2.31. The first kappa shape index (κ1) is 16.6. The van der Waals surface area contributed by atoms with E-state index in [2.05, 4.69) is 5.32 Å². The third kappa shape index (κ3) is 3.99. The van der Waals surface area contributed by atoms with E-state index in [4.69, 9.17) is 16.3 Å². The van der Waals surface area contributed by atoms with Gasteiger partial charge in [0, 0.05) is 18.1 Å². The number of nitrogens with one attached hydrogen (secondary N) is 1. The van der Waals surface area contributed by atoms with Gasteiger partial charge in [-0.15, -0.1) is 0 Å². The monoisotopic (exact) mass is 336 g/mol. The fourth-order valence-electron chi connectivity index (χ4n) is 3.57. The largest absolute Gasteiger partial charge is 0.492 e. The molecule has 1 N–H and O–H groups in total. The first-order chi connectivity index (χ1) is 11.2. The number of hydrogen-bond acceptors (Lipinski definition) is 3. The number of carbonyl (C=O) groups excluding carboxylic acids is 1. The van der Waals surface area contributed by atoms with Gasteiger partial charge in [-0.05, 0) is 69.0 Å². The van der Waals surface area contributed by atoms with Gasteiger partial charge >= 0.3 is 0 Å². The van der Waals surface area contributed by atoms with Gasteiger partial charge < -0.3 is 15.0 Å². The summed E-state index contributed by atoms with van der Waals surface area (Å²) in [6.45, 7) is 3.30. The van der Waals surface area contributed by atoms with Gasteiger partial charge in [0.15, 0.2) is 0 Å². The van der Waals surface area contributed by atoms with E-state index in [0.29, 0.717) is 11.6 Å². The third-order valence-electron chi connectivity index (χ3n) is 5.01. The van der Waals surface area contributed by atoms with Crippen molar-refractivity contribution in [3.8, 4) is 5.75 Å². The average molecular weight is 337 g/mol. The Hall–Kier alpha value is -1.26. The Kier molecular flexibility index (Phi) is 5.44. The van der Waals surface area contributed by atoms with E-state index >= 15 is 0 Å². The molecule has 2 aliphatic rings. The lowest BCUT2D eigenvalue weighted by Crippen LogP contribution is -2.45. The summed E-state index contributed by atoms with van der Waals surface area (Å²) in [6.07, 6.45) is 4.16. The van der Waals surface area contributed by atoms with Crippen LogP contribution in [0.4, 0.5) is 0 Å². The van der Waals surface area contributed by atoms with E-state index in [1.54, 1.807) is 0 Å². The molecule has 2 heterocycles. The number of rotatable bonds is 4. The highest BCUT2D eigenvalue weighted by molar-refractivity contribution is 6.30. The lowest BCUT2D eigenvalue weighted by atomic mass is 9.91. The zero-order chi connectivity index (χ0) is 16.2. The molecule has 0 aliphatic carbocycles. The van der Waals surface area contributed by atoms with Crippen LogP contribution in [0.25, 0.3) is 0 Å². The van der Waals surface area contributed by atoms with Crippen LogP contribution in [0.1, 0.15) is 24.8 Å². The summed E-state index contributed by atoms with van der Waals surface area (Å²) < 4.78 is 5.76. The Labute approximate surface area is 143 Å². The Morgan fingerprint density at radius 1 is 1.39 bits per heavy atom. The molecule has 1 amide bonds. The van der Waals surface area contributed by atoms with Crippen molar-refractivity contribution in [3.05, 3.63) is 28.8 Å². The van der Waals surface area contributed by atoms with E-state index in [1.807, 2.05) is 30.1 Å². The second kappa shape index (κ2) is 7.54. The summed E-state index contributed by atoms with van der Waals surface area (Å²) in [4.78, 5) is 14.8. The number of ether oxygens (including phenoxy) is 1. The molecule has 5 heteroatoms. The summed E-state index contributed by atoms with van der Waals surface area (Å²) >= 11 is 6.05. The van der Waals surface area contributed by atoms with Crippen LogP contribution < -0.4 is 10.1 Å². The van der Waals surface area contributed by atoms with Gasteiger partial charge in [-0.1, -0.05) is 11.6 Å². The molecular weight excluding hydrogens is 312 g/mol. The zero-order valence-electron chi connectivity index (χ0n) is 13.7. The number of amides is 1. The van der Waals surface area contributed by atoms with Crippen molar-refractivity contribution in [3.63, 3.8) is 0 Å². The fraction of sp³-hybridized carbons (Fsp3) is 0.611. The molecule has 0 radical (unpaired) electrons. The van der Waals surface area contributed by atoms with E-state index in [9.17, 15) is 4.79 Å². The molecule has 1 unspecified atom stereocenters. The first-order valence-corrected chi connectivity index (χ1v) is 8.89. The number of piperidine rings is 1. The average Bonchev–Trinajstić information content (AvgIpc) is 2.59. The summed E-state index contributed by atoms with van der Waals surface area (Å²) in [6, 6.07) is 5.64. The van der Waals surface area contributed by atoms with Gasteiger partial charge in [-0.2, -0.15) is 0 Å². The Morgan fingerprint density at radius 3 is 2.91 bits per heavy atom. The number of halogens is 1. The second-order valence-electron chi connectivity index (χ2n) is 6.62. The van der Waals surface area contributed by atoms with E-state index in [1.165, 1.54) is 6.42 Å². The molecule has 1 saturated heterocycles. The minimum atomic E-state index is -0.0742. The number of hydrogen-bond donors (Lipinski definition) is 1. The molecule has 23 heavy (non-hydrogen) atoms. The molecule has 126 valence electrons. The summed E-state index contributed by atoms with van der Waals surface area (Å²) in [5.74, 6) is 1.77. The second-order valence-corrected chi connectivity index (χ2v) is 7.06. The van der Waals surface area contributed by atoms with E-state index in [0.717, 1.165) is 56.1 Å². The maximum atomic E-state index is 12.8. The first-order valence-electron chi connectivity index (χ1n) is 8.52. The quantitative estimate of drug-likeness (QED) is 0.919. The summed E-state index contributed by atoms with van der Waals surface area (Å²) in [7, 11) is 1.99. The predicted molar refractivity (Wildman–Crippen MR) is 92.0 cm³/mol. The zero-order valence-corrected chi connectivity index (χ0v) is 14.4. The molecule has 1 aromatic carbocycles. The van der Waals surface area contributed by atoms with Crippen molar-refractivity contribution >= 4 is 17.5 Å². The molecule has 0 saturated carbocycles. The minimum Gasteiger partial charge on any atom is -0.492 e. The van der Waals surface area contributed by atoms with Crippen molar-refractivity contribution in [1.82, 2.24) is 10.2 Å². The van der Waals surface area contributed by atoms with Crippen molar-refractivity contribution in [2.45, 2.75) is 25.7 Å². The molecule has 1 atom stereocenters. The number of fused-ring (bicyclic) bond motifs is 1. The van der Waals surface area contributed by atoms with Crippen molar-refractivity contribution in [1.29, 1.82) is 0 Å². The van der Waals surface area contributed by atoms with Gasteiger partial charge in [0.2, 0.25) is 5.91 Å². The van der Waals surface area contributed by atoms with Gasteiger partial charge in [-0.3, -0.25) is 4.79 Å². The van der Waals surface area contributed by atoms with Gasteiger partial charge in [0.1, 0.15) is 12.4 Å². The van der Waals surface area contributed by atoms with Gasteiger partial charge in [-0.25, -0.2) is 0 Å². The lowest BCUT2D eigenvalue weighted by Gasteiger charge is -2.35. The van der Waals surface area contributed by atoms with Crippen LogP contribution in [-0.4, -0.2) is 44.1 Å². The molecule has 0 bridgehead atoms. The normalized spacial score (nSPS) is 21.7. The van der Waals surface area contributed by atoms with Crippen LogP contribution in [0.2, 0.25) is 5.02 Å². The number of carbonyl (C=O) groups is 1. The minimum absolute atomic E-state index is 0.0742. The van der Waals surface area contributed by atoms with Crippen molar-refractivity contribution in [2.24, 2.45) is 11.8 Å². The van der Waals surface area contributed by atoms with Gasteiger partial charge in [0.05, 0.1) is 5.92 Å². The highest BCUT2D eigenvalue weighted by Gasteiger charge is 2.31. The van der Waals surface area contributed by atoms with Crippen LogP contribution >= 0.6 is 11.6 Å². The van der Waals surface area contributed by atoms with Crippen LogP contribution in [0.5, 0.6) is 5.75 Å².